The molecule has 7 heteroatoms. The second-order valence-corrected chi connectivity index (χ2v) is 8.80. The Kier molecular flexibility index (Phi) is 8.12. The lowest BCUT2D eigenvalue weighted by atomic mass is 10.1. The summed E-state index contributed by atoms with van der Waals surface area (Å²) >= 11 is 1.52. The molecule has 164 valence electrons. The fourth-order valence-electron chi connectivity index (χ4n) is 3.22. The summed E-state index contributed by atoms with van der Waals surface area (Å²) in [5, 5.41) is 9.26. The van der Waals surface area contributed by atoms with Gasteiger partial charge >= 0.3 is 0 Å². The zero-order valence-electron chi connectivity index (χ0n) is 18.6. The Hall–Kier alpha value is -2.80. The van der Waals surface area contributed by atoms with Crippen LogP contribution in [0.5, 0.6) is 5.75 Å². The van der Waals surface area contributed by atoms with Crippen molar-refractivity contribution in [2.45, 2.75) is 38.0 Å². The van der Waals surface area contributed by atoms with E-state index in [-0.39, 0.29) is 11.2 Å². The Morgan fingerprint density at radius 3 is 2.45 bits per heavy atom. The third kappa shape index (κ3) is 6.10. The number of hydrogen-bond donors (Lipinski definition) is 0. The van der Waals surface area contributed by atoms with Gasteiger partial charge in [0.25, 0.3) is 0 Å². The van der Waals surface area contributed by atoms with E-state index in [4.69, 9.17) is 4.74 Å². The Labute approximate surface area is 189 Å². The summed E-state index contributed by atoms with van der Waals surface area (Å²) in [5.41, 5.74) is 3.13. The van der Waals surface area contributed by atoms with Crippen LogP contribution >= 0.6 is 11.8 Å². The summed E-state index contributed by atoms with van der Waals surface area (Å²) in [5.74, 6) is 0.907. The molecular formula is C24H30N4O2S. The van der Waals surface area contributed by atoms with Crippen LogP contribution in [0.2, 0.25) is 0 Å². The number of ether oxygens (including phenoxy) is 1. The summed E-state index contributed by atoms with van der Waals surface area (Å²) in [4.78, 5) is 16.8. The molecule has 0 aromatic heterocycles. The average molecular weight is 439 g/mol. The van der Waals surface area contributed by atoms with Crippen LogP contribution in [-0.4, -0.2) is 48.6 Å². The lowest BCUT2D eigenvalue weighted by Gasteiger charge is -2.16. The summed E-state index contributed by atoms with van der Waals surface area (Å²) in [6.07, 6.45) is 4.67. The van der Waals surface area contributed by atoms with Gasteiger partial charge in [-0.2, -0.15) is 5.10 Å². The number of hydrogen-bond acceptors (Lipinski definition) is 6. The van der Waals surface area contributed by atoms with E-state index in [1.807, 2.05) is 62.6 Å². The minimum absolute atomic E-state index is 0.0912. The number of methoxy groups -OCH3 is 1. The lowest BCUT2D eigenvalue weighted by molar-refractivity contribution is -0.126. The van der Waals surface area contributed by atoms with Gasteiger partial charge in [0.15, 0.2) is 5.17 Å². The van der Waals surface area contributed by atoms with E-state index in [0.717, 1.165) is 41.8 Å². The summed E-state index contributed by atoms with van der Waals surface area (Å²) in [7, 11) is 5.66. The van der Waals surface area contributed by atoms with E-state index in [0.29, 0.717) is 11.7 Å². The van der Waals surface area contributed by atoms with Gasteiger partial charge in [0.05, 0.1) is 25.1 Å². The summed E-state index contributed by atoms with van der Waals surface area (Å²) < 4.78 is 5.23. The predicted molar refractivity (Wildman–Crippen MR) is 130 cm³/mol. The second-order valence-electron chi connectivity index (χ2n) is 7.63. The smallest absolute Gasteiger partial charge is 0.242 e. The summed E-state index contributed by atoms with van der Waals surface area (Å²) in [6, 6.07) is 15.9. The first-order valence-electron chi connectivity index (χ1n) is 10.5. The molecule has 1 aliphatic heterocycles. The molecule has 2 aromatic carbocycles. The highest BCUT2D eigenvalue weighted by Crippen LogP contribution is 2.32. The molecule has 0 radical (unpaired) electrons. The van der Waals surface area contributed by atoms with Crippen molar-refractivity contribution in [3.05, 3.63) is 59.7 Å². The third-order valence-electron chi connectivity index (χ3n) is 5.10. The number of benzene rings is 2. The van der Waals surface area contributed by atoms with Gasteiger partial charge in [-0.05, 0) is 41.8 Å². The molecule has 2 aromatic rings. The van der Waals surface area contributed by atoms with Gasteiger partial charge in [0.2, 0.25) is 5.91 Å². The van der Waals surface area contributed by atoms with E-state index in [1.165, 1.54) is 11.8 Å². The van der Waals surface area contributed by atoms with Crippen LogP contribution in [-0.2, 0) is 11.3 Å². The molecule has 1 aliphatic rings. The molecule has 1 atom stereocenters. The molecule has 1 unspecified atom stereocenters. The van der Waals surface area contributed by atoms with Crippen molar-refractivity contribution < 1.29 is 9.53 Å². The highest BCUT2D eigenvalue weighted by Gasteiger charge is 2.37. The van der Waals surface area contributed by atoms with Crippen LogP contribution in [0, 0.1) is 0 Å². The van der Waals surface area contributed by atoms with Crippen LogP contribution in [0.1, 0.15) is 37.3 Å². The van der Waals surface area contributed by atoms with Crippen molar-refractivity contribution in [2.24, 2.45) is 10.2 Å². The molecule has 1 amide bonds. The number of unbranched alkanes of at least 4 members (excludes halogenated alkanes) is 1. The van der Waals surface area contributed by atoms with Gasteiger partial charge < -0.3 is 9.64 Å². The molecule has 1 saturated heterocycles. The van der Waals surface area contributed by atoms with Gasteiger partial charge in [0, 0.05) is 19.8 Å². The molecule has 6 nitrogen and oxygen atoms in total. The molecule has 1 fully saturated rings. The molecule has 1 heterocycles. The molecule has 3 rings (SSSR count). The predicted octanol–water partition coefficient (Wildman–Crippen LogP) is 4.79. The van der Waals surface area contributed by atoms with Crippen molar-refractivity contribution >= 4 is 34.7 Å². The molecule has 31 heavy (non-hydrogen) atoms. The van der Waals surface area contributed by atoms with Gasteiger partial charge in [-0.25, -0.2) is 0 Å². The molecule has 0 bridgehead atoms. The van der Waals surface area contributed by atoms with Gasteiger partial charge in [0.1, 0.15) is 5.75 Å². The minimum atomic E-state index is -0.0912. The van der Waals surface area contributed by atoms with Gasteiger partial charge in [-0.15, -0.1) is 5.10 Å². The van der Waals surface area contributed by atoms with E-state index >= 15 is 0 Å². The zero-order valence-corrected chi connectivity index (χ0v) is 19.4. The highest BCUT2D eigenvalue weighted by molar-refractivity contribution is 8.15. The first-order valence-corrected chi connectivity index (χ1v) is 11.4. The van der Waals surface area contributed by atoms with Crippen molar-refractivity contribution in [1.29, 1.82) is 0 Å². The highest BCUT2D eigenvalue weighted by atomic mass is 32.2. The van der Waals surface area contributed by atoms with Crippen molar-refractivity contribution in [2.75, 3.05) is 26.1 Å². The molecule has 0 N–H and O–H groups in total. The average Bonchev–Trinajstić information content (AvgIpc) is 3.07. The van der Waals surface area contributed by atoms with Crippen molar-refractivity contribution in [3.63, 3.8) is 0 Å². The van der Waals surface area contributed by atoms with Crippen molar-refractivity contribution in [1.82, 2.24) is 4.90 Å². The monoisotopic (exact) mass is 438 g/mol. The number of nitrogens with zero attached hydrogens (tertiary/aromatic N) is 4. The number of carbonyl (C=O) groups is 1. The Morgan fingerprint density at radius 2 is 1.84 bits per heavy atom. The SMILES string of the molecule is CCCCC1S/C(=N\N=C\c2ccc(N(C)C)cc2)N(Cc2ccc(OC)cc2)C1=O. The third-order valence-corrected chi connectivity index (χ3v) is 6.33. The van der Waals surface area contributed by atoms with Crippen LogP contribution in [0.15, 0.2) is 58.7 Å². The maximum atomic E-state index is 13.0. The summed E-state index contributed by atoms with van der Waals surface area (Å²) in [6.45, 7) is 2.62. The maximum absolute atomic E-state index is 13.0. The maximum Gasteiger partial charge on any atom is 0.242 e. The fourth-order valence-corrected chi connectivity index (χ4v) is 4.36. The molecule has 0 saturated carbocycles. The Morgan fingerprint density at radius 1 is 1.13 bits per heavy atom. The molecule has 0 spiro atoms. The van der Waals surface area contributed by atoms with Crippen LogP contribution in [0.25, 0.3) is 0 Å². The Bertz CT molecular complexity index is 924. The fraction of sp³-hybridized carbons (Fsp3) is 0.375. The normalized spacial score (nSPS) is 17.7. The minimum Gasteiger partial charge on any atom is -0.497 e. The van der Waals surface area contributed by atoms with E-state index < -0.39 is 0 Å². The molecular weight excluding hydrogens is 408 g/mol. The zero-order chi connectivity index (χ0) is 22.2. The topological polar surface area (TPSA) is 57.5 Å². The Balaban J connectivity index is 1.76. The largest absolute Gasteiger partial charge is 0.497 e. The number of thioether (sulfide) groups is 1. The van der Waals surface area contributed by atoms with Gasteiger partial charge in [-0.3, -0.25) is 9.69 Å². The van der Waals surface area contributed by atoms with Crippen molar-refractivity contribution in [3.8, 4) is 5.75 Å². The number of amides is 1. The first kappa shape index (κ1) is 22.9. The second kappa shape index (κ2) is 11.0. The van der Waals surface area contributed by atoms with Crippen LogP contribution < -0.4 is 9.64 Å². The number of carbonyl (C=O) groups excluding carboxylic acids is 1. The number of anilines is 1. The van der Waals surface area contributed by atoms with Gasteiger partial charge in [-0.1, -0.05) is 55.8 Å². The van der Waals surface area contributed by atoms with E-state index in [9.17, 15) is 4.79 Å². The standard InChI is InChI=1S/C24H30N4O2S/c1-5-6-7-22-23(29)28(17-19-10-14-21(30-4)15-11-19)24(31-22)26-25-16-18-8-12-20(13-9-18)27(2)3/h8-16,22H,5-7,17H2,1-4H3/b25-16+,26-24-. The first-order chi connectivity index (χ1) is 15.0. The lowest BCUT2D eigenvalue weighted by Crippen LogP contribution is -2.31. The quantitative estimate of drug-likeness (QED) is 0.417. The molecule has 0 aliphatic carbocycles. The number of amidine groups is 1. The van der Waals surface area contributed by atoms with E-state index in [2.05, 4.69) is 22.0 Å². The van der Waals surface area contributed by atoms with Crippen LogP contribution in [0.4, 0.5) is 5.69 Å². The van der Waals surface area contributed by atoms with E-state index in [1.54, 1.807) is 18.2 Å². The van der Waals surface area contributed by atoms with Crippen LogP contribution in [0.3, 0.4) is 0 Å². The number of rotatable bonds is 9.